The summed E-state index contributed by atoms with van der Waals surface area (Å²) in [6.07, 6.45) is 0.288. The Morgan fingerprint density at radius 1 is 1.47 bits per heavy atom. The van der Waals surface area contributed by atoms with Gasteiger partial charge in [-0.1, -0.05) is 30.3 Å². The van der Waals surface area contributed by atoms with Crippen molar-refractivity contribution in [1.29, 1.82) is 0 Å². The summed E-state index contributed by atoms with van der Waals surface area (Å²) in [6.45, 7) is 1.49. The zero-order chi connectivity index (χ0) is 11.3. The Morgan fingerprint density at radius 3 is 2.53 bits per heavy atom. The summed E-state index contributed by atoms with van der Waals surface area (Å²) >= 11 is 0. The maximum Gasteiger partial charge on any atom is 0.130 e. The largest absolute Gasteiger partial charge is 0.600 e. The molecule has 0 radical (unpaired) electrons. The summed E-state index contributed by atoms with van der Waals surface area (Å²) in [5.41, 5.74) is 0.912. The molecule has 0 amide bonds. The summed E-state index contributed by atoms with van der Waals surface area (Å²) in [4.78, 5) is 11.0. The van der Waals surface area contributed by atoms with Gasteiger partial charge in [0.15, 0.2) is 0 Å². The molecular weight excluding hydrogens is 194 g/mol. The van der Waals surface area contributed by atoms with Crippen molar-refractivity contribution in [2.45, 2.75) is 19.3 Å². The van der Waals surface area contributed by atoms with Crippen LogP contribution in [-0.4, -0.2) is 17.5 Å². The number of hydrogen-bond acceptors (Lipinski definition) is 3. The maximum atomic E-state index is 11.0. The summed E-state index contributed by atoms with van der Waals surface area (Å²) < 4.78 is 0. The number of quaternary nitrogens is 1. The van der Waals surface area contributed by atoms with Crippen molar-refractivity contribution in [3.05, 3.63) is 41.1 Å². The highest BCUT2D eigenvalue weighted by molar-refractivity contribution is 5.76. The molecule has 1 aromatic rings. The summed E-state index contributed by atoms with van der Waals surface area (Å²) in [5, 5.41) is 18.5. The number of nitrogens with one attached hydrogen (secondary N) is 1. The first-order valence-corrected chi connectivity index (χ1v) is 4.85. The zero-order valence-corrected chi connectivity index (χ0v) is 8.64. The first-order chi connectivity index (χ1) is 7.09. The Bertz CT molecular complexity index is 311. The summed E-state index contributed by atoms with van der Waals surface area (Å²) in [7, 11) is 0. The molecule has 2 N–H and O–H groups in total. The molecule has 0 aliphatic heterocycles. The average Bonchev–Trinajstić information content (AvgIpc) is 2.17. The molecule has 0 saturated heterocycles. The van der Waals surface area contributed by atoms with E-state index in [9.17, 15) is 10.0 Å². The van der Waals surface area contributed by atoms with Crippen LogP contribution in [0.25, 0.3) is 0 Å². The highest BCUT2D eigenvalue weighted by atomic mass is 16.8. The van der Waals surface area contributed by atoms with Crippen molar-refractivity contribution >= 4 is 5.78 Å². The minimum Gasteiger partial charge on any atom is -0.600 e. The molecule has 1 rings (SSSR count). The topological polar surface area (TPSA) is 64.8 Å². The molecule has 1 unspecified atom stereocenters. The van der Waals surface area contributed by atoms with Crippen LogP contribution in [0, 0.1) is 5.21 Å². The second-order valence-electron chi connectivity index (χ2n) is 3.61. The van der Waals surface area contributed by atoms with Crippen LogP contribution in [0.1, 0.15) is 24.8 Å². The number of Topliss-reactive ketones (excluding diaryl/α,β-unsaturated/α-hetero) is 1. The number of hydroxylamine groups is 2. The highest BCUT2D eigenvalue weighted by Crippen LogP contribution is 2.17. The molecule has 0 fully saturated rings. The minimum atomic E-state index is -0.870. The van der Waals surface area contributed by atoms with E-state index in [1.54, 1.807) is 0 Å². The first-order valence-electron chi connectivity index (χ1n) is 4.85. The van der Waals surface area contributed by atoms with Crippen LogP contribution in [0.15, 0.2) is 30.3 Å². The lowest BCUT2D eigenvalue weighted by Crippen LogP contribution is -3.05. The summed E-state index contributed by atoms with van der Waals surface area (Å²) in [5.74, 6) is -0.189. The fraction of sp³-hybridized carbons (Fsp3) is 0.364. The molecule has 1 aromatic carbocycles. The molecule has 4 nitrogen and oxygen atoms in total. The first kappa shape index (κ1) is 11.8. The minimum absolute atomic E-state index is 0.00356. The Labute approximate surface area is 88.7 Å². The molecule has 0 aliphatic carbocycles. The van der Waals surface area contributed by atoms with Crippen LogP contribution in [0.2, 0.25) is 0 Å². The van der Waals surface area contributed by atoms with Gasteiger partial charge in [0.1, 0.15) is 12.3 Å². The third-order valence-electron chi connectivity index (χ3n) is 2.23. The van der Waals surface area contributed by atoms with E-state index in [4.69, 9.17) is 5.21 Å². The molecule has 0 bridgehead atoms. The van der Waals surface area contributed by atoms with E-state index >= 15 is 0 Å². The standard InChI is InChI=1S/C11H15NO3/c1-9(13)7-11(8-12(14)15)10-5-3-2-4-6-10/h2-6,11-12,14H,7-8H2,1H3/t11-/m0/s1. The van der Waals surface area contributed by atoms with Crippen molar-refractivity contribution in [2.75, 3.05) is 6.54 Å². The van der Waals surface area contributed by atoms with Crippen LogP contribution in [0.5, 0.6) is 0 Å². The Morgan fingerprint density at radius 2 is 2.07 bits per heavy atom. The SMILES string of the molecule is CC(=O)C[C@@H](C[NH+]([O-])O)c1ccccc1. The van der Waals surface area contributed by atoms with E-state index < -0.39 is 5.23 Å². The van der Waals surface area contributed by atoms with E-state index in [1.165, 1.54) is 6.92 Å². The molecule has 0 spiro atoms. The Balaban J connectivity index is 2.76. The average molecular weight is 209 g/mol. The van der Waals surface area contributed by atoms with Gasteiger partial charge in [-0.3, -0.25) is 0 Å². The monoisotopic (exact) mass is 209 g/mol. The lowest BCUT2D eigenvalue weighted by molar-refractivity contribution is -1.05. The number of hydrogen-bond donors (Lipinski definition) is 2. The second-order valence-corrected chi connectivity index (χ2v) is 3.61. The van der Waals surface area contributed by atoms with Gasteiger partial charge in [0, 0.05) is 12.3 Å². The van der Waals surface area contributed by atoms with Gasteiger partial charge in [-0.05, 0) is 12.5 Å². The molecule has 0 heterocycles. The third-order valence-corrected chi connectivity index (χ3v) is 2.23. The zero-order valence-electron chi connectivity index (χ0n) is 8.64. The normalized spacial score (nSPS) is 14.6. The maximum absolute atomic E-state index is 11.0. The van der Waals surface area contributed by atoms with Gasteiger partial charge in [-0.2, -0.15) is 0 Å². The molecule has 0 saturated carbocycles. The third kappa shape index (κ3) is 4.20. The van der Waals surface area contributed by atoms with Crippen molar-refractivity contribution in [1.82, 2.24) is 0 Å². The molecule has 2 atom stereocenters. The van der Waals surface area contributed by atoms with Gasteiger partial charge in [-0.15, -0.1) is 0 Å². The van der Waals surface area contributed by atoms with Crippen molar-refractivity contribution in [2.24, 2.45) is 0 Å². The fourth-order valence-corrected chi connectivity index (χ4v) is 1.59. The number of carbonyl (C=O) groups excluding carboxylic acids is 1. The van der Waals surface area contributed by atoms with Gasteiger partial charge in [0.05, 0.1) is 0 Å². The molecule has 4 heteroatoms. The molecule has 82 valence electrons. The Kier molecular flexibility index (Phi) is 4.42. The predicted molar refractivity (Wildman–Crippen MR) is 55.5 cm³/mol. The number of carbonyl (C=O) groups is 1. The highest BCUT2D eigenvalue weighted by Gasteiger charge is 2.16. The van der Waals surface area contributed by atoms with Crippen molar-refractivity contribution in [3.63, 3.8) is 0 Å². The molecule has 15 heavy (non-hydrogen) atoms. The van der Waals surface area contributed by atoms with Gasteiger partial charge < -0.3 is 10.0 Å². The van der Waals surface area contributed by atoms with Crippen LogP contribution in [0.4, 0.5) is 0 Å². The smallest absolute Gasteiger partial charge is 0.130 e. The van der Waals surface area contributed by atoms with Crippen LogP contribution in [-0.2, 0) is 4.79 Å². The lowest BCUT2D eigenvalue weighted by atomic mass is 9.94. The van der Waals surface area contributed by atoms with Crippen LogP contribution < -0.4 is 5.23 Å². The van der Waals surface area contributed by atoms with E-state index in [0.29, 0.717) is 0 Å². The second kappa shape index (κ2) is 5.60. The number of benzene rings is 1. The van der Waals surface area contributed by atoms with Gasteiger partial charge in [0.25, 0.3) is 0 Å². The molecule has 0 aromatic heterocycles. The Hall–Kier alpha value is -1.23. The van der Waals surface area contributed by atoms with Crippen molar-refractivity contribution in [3.8, 4) is 0 Å². The van der Waals surface area contributed by atoms with Crippen molar-refractivity contribution < 1.29 is 15.2 Å². The van der Waals surface area contributed by atoms with Gasteiger partial charge in [-0.25, -0.2) is 10.4 Å². The van der Waals surface area contributed by atoms with Crippen LogP contribution >= 0.6 is 0 Å². The predicted octanol–water partition coefficient (Wildman–Crippen LogP) is 0.521. The van der Waals surface area contributed by atoms with E-state index in [2.05, 4.69) is 0 Å². The quantitative estimate of drug-likeness (QED) is 0.695. The lowest BCUT2D eigenvalue weighted by Gasteiger charge is -2.20. The van der Waals surface area contributed by atoms with E-state index in [1.807, 2.05) is 30.3 Å². The molecular formula is C11H15NO3. The van der Waals surface area contributed by atoms with E-state index in [0.717, 1.165) is 5.56 Å². The fourth-order valence-electron chi connectivity index (χ4n) is 1.59. The summed E-state index contributed by atoms with van der Waals surface area (Å²) in [6, 6.07) is 9.29. The van der Waals surface area contributed by atoms with Crippen LogP contribution in [0.3, 0.4) is 0 Å². The van der Waals surface area contributed by atoms with E-state index in [-0.39, 0.29) is 24.7 Å². The van der Waals surface area contributed by atoms with Gasteiger partial charge in [0.2, 0.25) is 0 Å². The van der Waals surface area contributed by atoms with Gasteiger partial charge >= 0.3 is 0 Å². The number of ketones is 1. The number of rotatable bonds is 5. The molecule has 0 aliphatic rings.